The van der Waals surface area contributed by atoms with E-state index in [9.17, 15) is 0 Å². The zero-order chi connectivity index (χ0) is 14.7. The fraction of sp³-hybridized carbons (Fsp3) is 0.667. The third kappa shape index (κ3) is 3.87. The highest BCUT2D eigenvalue weighted by Crippen LogP contribution is 2.40. The summed E-state index contributed by atoms with van der Waals surface area (Å²) in [5, 5.41) is 5.26. The minimum Gasteiger partial charge on any atom is -0.381 e. The molecule has 2 fully saturated rings. The smallest absolute Gasteiger partial charge is 0.0638 e. The Kier molecular flexibility index (Phi) is 5.34. The lowest BCUT2D eigenvalue weighted by atomic mass is 9.71. The molecule has 0 aliphatic heterocycles. The van der Waals surface area contributed by atoms with Gasteiger partial charge in [-0.1, -0.05) is 68.1 Å². The second-order valence-corrected chi connectivity index (χ2v) is 7.57. The molecule has 0 saturated heterocycles. The molecule has 0 radical (unpaired) electrons. The highest BCUT2D eigenvalue weighted by atomic mass is 35.5. The van der Waals surface area contributed by atoms with Crippen molar-refractivity contribution in [3.05, 3.63) is 28.2 Å². The Bertz CT molecular complexity index is 468. The fourth-order valence-electron chi connectivity index (χ4n) is 4.27. The van der Waals surface area contributed by atoms with Crippen LogP contribution in [0.25, 0.3) is 0 Å². The first kappa shape index (κ1) is 15.5. The summed E-state index contributed by atoms with van der Waals surface area (Å²) in [5.41, 5.74) is 1.01. The van der Waals surface area contributed by atoms with E-state index in [-0.39, 0.29) is 0 Å². The van der Waals surface area contributed by atoms with Gasteiger partial charge < -0.3 is 5.32 Å². The van der Waals surface area contributed by atoms with Crippen molar-refractivity contribution in [2.45, 2.75) is 63.8 Å². The monoisotopic (exact) mass is 325 g/mol. The quantitative estimate of drug-likeness (QED) is 0.664. The largest absolute Gasteiger partial charge is 0.381 e. The van der Waals surface area contributed by atoms with Crippen LogP contribution in [-0.4, -0.2) is 6.04 Å². The summed E-state index contributed by atoms with van der Waals surface area (Å²) in [6.07, 6.45) is 12.5. The van der Waals surface area contributed by atoms with Crippen molar-refractivity contribution in [3.63, 3.8) is 0 Å². The maximum Gasteiger partial charge on any atom is 0.0638 e. The van der Waals surface area contributed by atoms with E-state index in [0.717, 1.165) is 27.6 Å². The van der Waals surface area contributed by atoms with Gasteiger partial charge in [0.25, 0.3) is 0 Å². The maximum absolute atomic E-state index is 6.33. The summed E-state index contributed by atoms with van der Waals surface area (Å²) in [6.45, 7) is 0. The first-order valence-corrected chi connectivity index (χ1v) is 9.21. The average Bonchev–Trinajstić information content (AvgIpc) is 2.52. The molecule has 1 N–H and O–H groups in total. The highest BCUT2D eigenvalue weighted by Gasteiger charge is 2.32. The number of benzene rings is 1. The van der Waals surface area contributed by atoms with Gasteiger partial charge in [0.15, 0.2) is 0 Å². The Hall–Kier alpha value is -0.400. The van der Waals surface area contributed by atoms with Crippen LogP contribution in [0.3, 0.4) is 0 Å². The molecule has 2 atom stereocenters. The molecule has 3 heteroatoms. The summed E-state index contributed by atoms with van der Waals surface area (Å²) in [6, 6.07) is 6.29. The van der Waals surface area contributed by atoms with Gasteiger partial charge in [0, 0.05) is 11.1 Å². The Balaban J connectivity index is 1.73. The predicted molar refractivity (Wildman–Crippen MR) is 92.4 cm³/mol. The summed E-state index contributed by atoms with van der Waals surface area (Å²) in [4.78, 5) is 0. The number of rotatable bonds is 3. The van der Waals surface area contributed by atoms with Gasteiger partial charge in [-0.3, -0.25) is 0 Å². The molecule has 0 aromatic heterocycles. The van der Waals surface area contributed by atoms with Gasteiger partial charge in [0.1, 0.15) is 0 Å². The van der Waals surface area contributed by atoms with E-state index in [2.05, 4.69) is 5.32 Å². The molecular formula is C18H25Cl2N. The third-order valence-corrected chi connectivity index (χ3v) is 5.91. The van der Waals surface area contributed by atoms with Crippen molar-refractivity contribution in [1.82, 2.24) is 0 Å². The highest BCUT2D eigenvalue weighted by molar-refractivity contribution is 6.35. The molecule has 0 amide bonds. The van der Waals surface area contributed by atoms with Gasteiger partial charge >= 0.3 is 0 Å². The Morgan fingerprint density at radius 1 is 0.857 bits per heavy atom. The van der Waals surface area contributed by atoms with E-state index in [4.69, 9.17) is 23.2 Å². The molecule has 116 valence electrons. The fourth-order valence-corrected chi connectivity index (χ4v) is 4.62. The van der Waals surface area contributed by atoms with Crippen molar-refractivity contribution < 1.29 is 0 Å². The Labute approximate surface area is 138 Å². The molecule has 2 saturated carbocycles. The molecule has 2 aliphatic rings. The summed E-state index contributed by atoms with van der Waals surface area (Å²) in [5.74, 6) is 1.73. The topological polar surface area (TPSA) is 12.0 Å². The molecule has 2 unspecified atom stereocenters. The van der Waals surface area contributed by atoms with Crippen LogP contribution in [0.2, 0.25) is 10.0 Å². The van der Waals surface area contributed by atoms with Crippen LogP contribution in [-0.2, 0) is 0 Å². The van der Waals surface area contributed by atoms with Gasteiger partial charge in [-0.2, -0.15) is 0 Å². The van der Waals surface area contributed by atoms with Crippen LogP contribution >= 0.6 is 23.2 Å². The minimum absolute atomic E-state index is 0.567. The average molecular weight is 326 g/mol. The lowest BCUT2D eigenvalue weighted by Crippen LogP contribution is -2.37. The lowest BCUT2D eigenvalue weighted by molar-refractivity contribution is 0.180. The van der Waals surface area contributed by atoms with E-state index in [1.165, 1.54) is 57.8 Å². The molecule has 2 aliphatic carbocycles. The first-order valence-electron chi connectivity index (χ1n) is 8.45. The van der Waals surface area contributed by atoms with Crippen molar-refractivity contribution >= 4 is 28.9 Å². The first-order chi connectivity index (χ1) is 10.2. The van der Waals surface area contributed by atoms with Gasteiger partial charge in [0.05, 0.1) is 10.7 Å². The summed E-state index contributed by atoms with van der Waals surface area (Å²) < 4.78 is 0. The molecule has 0 spiro atoms. The van der Waals surface area contributed by atoms with E-state index in [1.807, 2.05) is 18.2 Å². The summed E-state index contributed by atoms with van der Waals surface area (Å²) in [7, 11) is 0. The zero-order valence-corrected chi connectivity index (χ0v) is 14.1. The van der Waals surface area contributed by atoms with Crippen LogP contribution in [0.15, 0.2) is 18.2 Å². The zero-order valence-electron chi connectivity index (χ0n) is 12.6. The third-order valence-electron chi connectivity index (χ3n) is 5.34. The SMILES string of the molecule is Clc1ccc(Cl)c(NC2CCCCC2C2CCCCC2)c1. The molecule has 1 nitrogen and oxygen atoms in total. The van der Waals surface area contributed by atoms with Crippen LogP contribution in [0.5, 0.6) is 0 Å². The Morgan fingerprint density at radius 3 is 2.38 bits per heavy atom. The second-order valence-electron chi connectivity index (χ2n) is 6.72. The van der Waals surface area contributed by atoms with E-state index >= 15 is 0 Å². The van der Waals surface area contributed by atoms with E-state index in [1.54, 1.807) is 0 Å². The molecular weight excluding hydrogens is 301 g/mol. The maximum atomic E-state index is 6.33. The number of hydrogen-bond donors (Lipinski definition) is 1. The van der Waals surface area contributed by atoms with Crippen molar-refractivity contribution in [2.75, 3.05) is 5.32 Å². The van der Waals surface area contributed by atoms with Gasteiger partial charge in [0.2, 0.25) is 0 Å². The normalized spacial score (nSPS) is 27.5. The molecule has 0 bridgehead atoms. The summed E-state index contributed by atoms with van der Waals surface area (Å²) >= 11 is 12.4. The number of halogens is 2. The lowest BCUT2D eigenvalue weighted by Gasteiger charge is -2.40. The molecule has 3 rings (SSSR count). The van der Waals surface area contributed by atoms with Crippen LogP contribution in [0.4, 0.5) is 5.69 Å². The molecule has 1 aromatic rings. The second kappa shape index (κ2) is 7.24. The number of nitrogens with one attached hydrogen (secondary N) is 1. The van der Waals surface area contributed by atoms with Crippen LogP contribution in [0, 0.1) is 11.8 Å². The predicted octanol–water partition coefficient (Wildman–Crippen LogP) is 6.54. The molecule has 1 aromatic carbocycles. The Morgan fingerprint density at radius 2 is 1.57 bits per heavy atom. The van der Waals surface area contributed by atoms with Crippen molar-refractivity contribution in [1.29, 1.82) is 0 Å². The number of hydrogen-bond acceptors (Lipinski definition) is 1. The van der Waals surface area contributed by atoms with Crippen molar-refractivity contribution in [3.8, 4) is 0 Å². The minimum atomic E-state index is 0.567. The van der Waals surface area contributed by atoms with Crippen molar-refractivity contribution in [2.24, 2.45) is 11.8 Å². The molecule has 0 heterocycles. The molecule has 21 heavy (non-hydrogen) atoms. The van der Waals surface area contributed by atoms with E-state index < -0.39 is 0 Å². The van der Waals surface area contributed by atoms with Gasteiger partial charge in [-0.25, -0.2) is 0 Å². The standard InChI is InChI=1S/C18H25Cl2N/c19-14-10-11-16(20)18(12-14)21-17-9-5-4-8-15(17)13-6-2-1-3-7-13/h10-13,15,17,21H,1-9H2. The van der Waals surface area contributed by atoms with Gasteiger partial charge in [-0.15, -0.1) is 0 Å². The number of anilines is 1. The van der Waals surface area contributed by atoms with Crippen LogP contribution < -0.4 is 5.32 Å². The van der Waals surface area contributed by atoms with Crippen LogP contribution in [0.1, 0.15) is 57.8 Å². The van der Waals surface area contributed by atoms with Gasteiger partial charge in [-0.05, 0) is 42.9 Å². The van der Waals surface area contributed by atoms with E-state index in [0.29, 0.717) is 6.04 Å².